The lowest BCUT2D eigenvalue weighted by molar-refractivity contribution is 0.0735. The Bertz CT molecular complexity index is 445. The van der Waals surface area contributed by atoms with Gasteiger partial charge >= 0.3 is 0 Å². The molecule has 0 atom stereocenters. The van der Waals surface area contributed by atoms with E-state index in [9.17, 15) is 4.79 Å². The molecule has 0 aromatic carbocycles. The second-order valence-electron chi connectivity index (χ2n) is 3.93. The van der Waals surface area contributed by atoms with Gasteiger partial charge in [-0.1, -0.05) is 23.2 Å². The van der Waals surface area contributed by atoms with Crippen molar-refractivity contribution in [1.82, 2.24) is 15.2 Å². The Labute approximate surface area is 110 Å². The summed E-state index contributed by atoms with van der Waals surface area (Å²) < 4.78 is 0. The van der Waals surface area contributed by atoms with Crippen LogP contribution in [0.2, 0.25) is 10.0 Å². The van der Waals surface area contributed by atoms with Gasteiger partial charge in [-0.3, -0.25) is 9.78 Å². The molecule has 17 heavy (non-hydrogen) atoms. The highest BCUT2D eigenvalue weighted by atomic mass is 35.5. The van der Waals surface area contributed by atoms with E-state index < -0.39 is 0 Å². The summed E-state index contributed by atoms with van der Waals surface area (Å²) >= 11 is 12.1. The normalized spacial score (nSPS) is 16.1. The first kappa shape index (κ1) is 12.6. The summed E-state index contributed by atoms with van der Waals surface area (Å²) in [6, 6.07) is 0. The van der Waals surface area contributed by atoms with Gasteiger partial charge in [-0.05, 0) is 6.92 Å². The molecule has 1 aliphatic rings. The van der Waals surface area contributed by atoms with E-state index in [-0.39, 0.29) is 5.91 Å². The highest BCUT2D eigenvalue weighted by Crippen LogP contribution is 2.28. The van der Waals surface area contributed by atoms with E-state index in [4.69, 9.17) is 23.2 Å². The van der Waals surface area contributed by atoms with Gasteiger partial charge in [0.25, 0.3) is 5.91 Å². The van der Waals surface area contributed by atoms with Crippen molar-refractivity contribution >= 4 is 29.1 Å². The van der Waals surface area contributed by atoms with Gasteiger partial charge in [-0.25, -0.2) is 0 Å². The number of nitrogens with zero attached hydrogens (tertiary/aromatic N) is 2. The Morgan fingerprint density at radius 3 is 2.65 bits per heavy atom. The van der Waals surface area contributed by atoms with Gasteiger partial charge in [0.2, 0.25) is 0 Å². The van der Waals surface area contributed by atoms with Gasteiger partial charge in [0.1, 0.15) is 0 Å². The summed E-state index contributed by atoms with van der Waals surface area (Å²) in [6.07, 6.45) is 1.49. The molecule has 2 rings (SSSR count). The predicted molar refractivity (Wildman–Crippen MR) is 67.8 cm³/mol. The number of hydrogen-bond donors (Lipinski definition) is 1. The van der Waals surface area contributed by atoms with Crippen molar-refractivity contribution in [3.8, 4) is 0 Å². The highest BCUT2D eigenvalue weighted by molar-refractivity contribution is 6.44. The van der Waals surface area contributed by atoms with Crippen molar-refractivity contribution < 1.29 is 4.79 Å². The third kappa shape index (κ3) is 2.54. The molecule has 0 radical (unpaired) electrons. The lowest BCUT2D eigenvalue weighted by atomic mass is 10.2. The lowest BCUT2D eigenvalue weighted by Crippen LogP contribution is -2.46. The van der Waals surface area contributed by atoms with Crippen LogP contribution in [0.4, 0.5) is 0 Å². The molecule has 0 unspecified atom stereocenters. The number of piperazine rings is 1. The van der Waals surface area contributed by atoms with Crippen LogP contribution in [-0.4, -0.2) is 42.0 Å². The van der Waals surface area contributed by atoms with Crippen LogP contribution in [0, 0.1) is 6.92 Å². The molecule has 4 nitrogen and oxygen atoms in total. The molecule has 2 heterocycles. The maximum atomic E-state index is 12.2. The van der Waals surface area contributed by atoms with E-state index in [1.807, 2.05) is 0 Å². The zero-order chi connectivity index (χ0) is 12.4. The topological polar surface area (TPSA) is 45.2 Å². The largest absolute Gasteiger partial charge is 0.336 e. The fourth-order valence-electron chi connectivity index (χ4n) is 1.74. The van der Waals surface area contributed by atoms with Crippen LogP contribution in [0.25, 0.3) is 0 Å². The number of aromatic nitrogens is 1. The first-order chi connectivity index (χ1) is 8.11. The van der Waals surface area contributed by atoms with E-state index in [1.165, 1.54) is 6.20 Å². The van der Waals surface area contributed by atoms with E-state index in [0.717, 1.165) is 13.1 Å². The van der Waals surface area contributed by atoms with Gasteiger partial charge in [0.15, 0.2) is 0 Å². The summed E-state index contributed by atoms with van der Waals surface area (Å²) in [4.78, 5) is 18.0. The number of aryl methyl sites for hydroxylation is 1. The minimum Gasteiger partial charge on any atom is -0.336 e. The molecule has 0 spiro atoms. The Hall–Kier alpha value is -0.840. The van der Waals surface area contributed by atoms with Gasteiger partial charge in [-0.15, -0.1) is 0 Å². The van der Waals surface area contributed by atoms with Crippen molar-refractivity contribution in [2.24, 2.45) is 0 Å². The molecule has 92 valence electrons. The van der Waals surface area contributed by atoms with Crippen LogP contribution in [0.5, 0.6) is 0 Å². The Balaban J connectivity index is 2.27. The Morgan fingerprint density at radius 1 is 1.35 bits per heavy atom. The standard InChI is InChI=1S/C11H13Cl2N3O/c1-7-9(12)10(13)8(6-15-7)11(17)16-4-2-14-3-5-16/h6,14H,2-5H2,1H3. The zero-order valence-electron chi connectivity index (χ0n) is 9.46. The average Bonchev–Trinajstić information content (AvgIpc) is 2.36. The summed E-state index contributed by atoms with van der Waals surface area (Å²) in [5, 5.41) is 3.84. The second kappa shape index (κ2) is 5.21. The second-order valence-corrected chi connectivity index (χ2v) is 4.68. The van der Waals surface area contributed by atoms with Crippen LogP contribution < -0.4 is 5.32 Å². The SMILES string of the molecule is Cc1ncc(C(=O)N2CCNCC2)c(Cl)c1Cl. The van der Waals surface area contributed by atoms with Gasteiger partial charge in [0.05, 0.1) is 21.3 Å². The molecule has 1 fully saturated rings. The van der Waals surface area contributed by atoms with Crippen molar-refractivity contribution in [1.29, 1.82) is 0 Å². The summed E-state index contributed by atoms with van der Waals surface area (Å²) in [5.74, 6) is -0.106. The predicted octanol–water partition coefficient (Wildman–Crippen LogP) is 1.74. The van der Waals surface area contributed by atoms with E-state index in [2.05, 4.69) is 10.3 Å². The molecule has 1 amide bonds. The third-order valence-corrected chi connectivity index (χ3v) is 3.72. The number of carbonyl (C=O) groups is 1. The number of hydrogen-bond acceptors (Lipinski definition) is 3. The van der Waals surface area contributed by atoms with Gasteiger partial charge in [0, 0.05) is 32.4 Å². The quantitative estimate of drug-likeness (QED) is 0.848. The number of halogens is 2. The van der Waals surface area contributed by atoms with Crippen LogP contribution in [-0.2, 0) is 0 Å². The van der Waals surface area contributed by atoms with E-state index in [0.29, 0.717) is 34.4 Å². The monoisotopic (exact) mass is 273 g/mol. The minimum absolute atomic E-state index is 0.106. The van der Waals surface area contributed by atoms with Crippen molar-refractivity contribution in [3.05, 3.63) is 27.5 Å². The van der Waals surface area contributed by atoms with Gasteiger partial charge < -0.3 is 10.2 Å². The molecule has 0 aliphatic carbocycles. The molecule has 6 heteroatoms. The lowest BCUT2D eigenvalue weighted by Gasteiger charge is -2.27. The molecular formula is C11H13Cl2N3O. The van der Waals surface area contributed by atoms with Crippen molar-refractivity contribution in [2.45, 2.75) is 6.92 Å². The molecule has 1 aromatic heterocycles. The maximum Gasteiger partial charge on any atom is 0.257 e. The zero-order valence-corrected chi connectivity index (χ0v) is 11.0. The molecule has 1 N–H and O–H groups in total. The minimum atomic E-state index is -0.106. The average molecular weight is 274 g/mol. The molecule has 1 saturated heterocycles. The molecule has 0 saturated carbocycles. The summed E-state index contributed by atoms with van der Waals surface area (Å²) in [7, 11) is 0. The summed E-state index contributed by atoms with van der Waals surface area (Å²) in [6.45, 7) is 4.72. The maximum absolute atomic E-state index is 12.2. The first-order valence-electron chi connectivity index (χ1n) is 5.42. The number of carbonyl (C=O) groups excluding carboxylic acids is 1. The van der Waals surface area contributed by atoms with E-state index >= 15 is 0 Å². The molecule has 1 aromatic rings. The highest BCUT2D eigenvalue weighted by Gasteiger charge is 2.22. The van der Waals surface area contributed by atoms with Gasteiger partial charge in [-0.2, -0.15) is 0 Å². The fraction of sp³-hybridized carbons (Fsp3) is 0.455. The van der Waals surface area contributed by atoms with Crippen LogP contribution in [0.1, 0.15) is 16.1 Å². The first-order valence-corrected chi connectivity index (χ1v) is 6.17. The number of nitrogens with one attached hydrogen (secondary N) is 1. The Kier molecular flexibility index (Phi) is 3.86. The molecular weight excluding hydrogens is 261 g/mol. The van der Waals surface area contributed by atoms with Crippen molar-refractivity contribution in [3.63, 3.8) is 0 Å². The third-order valence-electron chi connectivity index (χ3n) is 2.77. The summed E-state index contributed by atoms with van der Waals surface area (Å²) in [5.41, 5.74) is 1.01. The number of amides is 1. The van der Waals surface area contributed by atoms with Crippen LogP contribution >= 0.6 is 23.2 Å². The van der Waals surface area contributed by atoms with Crippen LogP contribution in [0.15, 0.2) is 6.20 Å². The van der Waals surface area contributed by atoms with Crippen LogP contribution in [0.3, 0.4) is 0 Å². The van der Waals surface area contributed by atoms with E-state index in [1.54, 1.807) is 11.8 Å². The number of rotatable bonds is 1. The molecule has 1 aliphatic heterocycles. The Morgan fingerprint density at radius 2 is 2.00 bits per heavy atom. The van der Waals surface area contributed by atoms with Crippen molar-refractivity contribution in [2.75, 3.05) is 26.2 Å². The molecule has 0 bridgehead atoms. The number of pyridine rings is 1. The fourth-order valence-corrected chi connectivity index (χ4v) is 2.16. The smallest absolute Gasteiger partial charge is 0.257 e.